The Balaban J connectivity index is 1.89. The van der Waals surface area contributed by atoms with Gasteiger partial charge < -0.3 is 9.47 Å². The number of rotatable bonds is 0. The van der Waals surface area contributed by atoms with Crippen molar-refractivity contribution in [2.24, 2.45) is 5.92 Å². The van der Waals surface area contributed by atoms with Gasteiger partial charge in [0.25, 0.3) is 0 Å². The molecule has 0 saturated carbocycles. The van der Waals surface area contributed by atoms with Gasteiger partial charge in [0, 0.05) is 12.8 Å². The van der Waals surface area contributed by atoms with E-state index < -0.39 is 0 Å². The van der Waals surface area contributed by atoms with E-state index in [0.717, 1.165) is 31.6 Å². The maximum Gasteiger partial charge on any atom is 0.211 e. The number of benzene rings is 1. The van der Waals surface area contributed by atoms with Crippen molar-refractivity contribution in [1.29, 1.82) is 0 Å². The Bertz CT molecular complexity index is 375. The lowest BCUT2D eigenvalue weighted by Gasteiger charge is -2.34. The third-order valence-electron chi connectivity index (χ3n) is 3.33. The van der Waals surface area contributed by atoms with E-state index in [1.54, 1.807) is 0 Å². The van der Waals surface area contributed by atoms with E-state index in [1.165, 1.54) is 5.56 Å². The first-order valence-electron chi connectivity index (χ1n) is 5.68. The number of aryl methyl sites for hydroxylation is 1. The summed E-state index contributed by atoms with van der Waals surface area (Å²) in [7, 11) is 0. The van der Waals surface area contributed by atoms with Crippen LogP contribution < -0.4 is 4.74 Å². The topological polar surface area (TPSA) is 18.5 Å². The largest absolute Gasteiger partial charge is 0.462 e. The molecule has 2 heteroatoms. The fourth-order valence-corrected chi connectivity index (χ4v) is 2.57. The Labute approximate surface area is 90.2 Å². The molecule has 2 nitrogen and oxygen atoms in total. The van der Waals surface area contributed by atoms with Crippen LogP contribution in [0.2, 0.25) is 0 Å². The monoisotopic (exact) mass is 204 g/mol. The van der Waals surface area contributed by atoms with E-state index in [9.17, 15) is 0 Å². The first kappa shape index (κ1) is 9.22. The normalized spacial score (nSPS) is 33.8. The molecular weight excluding hydrogens is 188 g/mol. The van der Waals surface area contributed by atoms with E-state index in [2.05, 4.69) is 19.1 Å². The smallest absolute Gasteiger partial charge is 0.211 e. The van der Waals surface area contributed by atoms with Crippen molar-refractivity contribution < 1.29 is 9.47 Å². The van der Waals surface area contributed by atoms with Gasteiger partial charge in [0.2, 0.25) is 5.79 Å². The highest BCUT2D eigenvalue weighted by atomic mass is 16.7. The van der Waals surface area contributed by atoms with E-state index in [-0.39, 0.29) is 5.79 Å². The summed E-state index contributed by atoms with van der Waals surface area (Å²) in [6, 6.07) is 8.28. The Hall–Kier alpha value is -1.02. The number of hydrogen-bond donors (Lipinski definition) is 0. The molecule has 2 atom stereocenters. The fraction of sp³-hybridized carbons (Fsp3) is 0.538. The van der Waals surface area contributed by atoms with Crippen LogP contribution in [0.15, 0.2) is 24.3 Å². The number of para-hydroxylation sites is 1. The van der Waals surface area contributed by atoms with Gasteiger partial charge in [0.15, 0.2) is 0 Å². The first-order chi connectivity index (χ1) is 7.27. The Morgan fingerprint density at radius 3 is 3.00 bits per heavy atom. The molecule has 2 heterocycles. The molecule has 0 aliphatic carbocycles. The molecule has 0 bridgehead atoms. The second-order valence-electron chi connectivity index (χ2n) is 4.74. The third kappa shape index (κ3) is 1.53. The molecule has 15 heavy (non-hydrogen) atoms. The van der Waals surface area contributed by atoms with Crippen molar-refractivity contribution in [3.63, 3.8) is 0 Å². The fourth-order valence-electron chi connectivity index (χ4n) is 2.57. The summed E-state index contributed by atoms with van der Waals surface area (Å²) in [4.78, 5) is 0. The Kier molecular flexibility index (Phi) is 1.99. The zero-order chi connectivity index (χ0) is 10.3. The molecule has 1 fully saturated rings. The van der Waals surface area contributed by atoms with E-state index in [0.29, 0.717) is 5.92 Å². The minimum Gasteiger partial charge on any atom is -0.462 e. The van der Waals surface area contributed by atoms with Gasteiger partial charge in [-0.05, 0) is 24.0 Å². The van der Waals surface area contributed by atoms with Crippen LogP contribution in [0, 0.1) is 5.92 Å². The van der Waals surface area contributed by atoms with Crippen molar-refractivity contribution in [2.45, 2.75) is 32.0 Å². The average Bonchev–Trinajstić information content (AvgIpc) is 2.60. The Morgan fingerprint density at radius 2 is 2.20 bits per heavy atom. The molecule has 2 aliphatic heterocycles. The van der Waals surface area contributed by atoms with Gasteiger partial charge in [-0.1, -0.05) is 25.1 Å². The first-order valence-corrected chi connectivity index (χ1v) is 5.68. The highest BCUT2D eigenvalue weighted by Gasteiger charge is 2.43. The summed E-state index contributed by atoms with van der Waals surface area (Å²) in [6.45, 7) is 3.06. The predicted molar refractivity (Wildman–Crippen MR) is 57.9 cm³/mol. The molecule has 2 unspecified atom stereocenters. The molecule has 0 radical (unpaired) electrons. The molecule has 0 aromatic heterocycles. The molecule has 1 aromatic rings. The van der Waals surface area contributed by atoms with Crippen LogP contribution in [0.5, 0.6) is 5.75 Å². The number of ether oxygens (including phenoxy) is 2. The highest BCUT2D eigenvalue weighted by Crippen LogP contribution is 2.41. The van der Waals surface area contributed by atoms with Gasteiger partial charge in [0.1, 0.15) is 5.75 Å². The van der Waals surface area contributed by atoms with Gasteiger partial charge in [-0.15, -0.1) is 0 Å². The lowest BCUT2D eigenvalue weighted by molar-refractivity contribution is -0.160. The standard InChI is InChI=1S/C13H16O2/c1-10-8-13(14-9-10)7-6-11-4-2-3-5-12(11)15-13/h2-5,10H,6-9H2,1H3. The van der Waals surface area contributed by atoms with Crippen molar-refractivity contribution in [1.82, 2.24) is 0 Å². The van der Waals surface area contributed by atoms with Gasteiger partial charge in [-0.2, -0.15) is 0 Å². The van der Waals surface area contributed by atoms with Crippen LogP contribution in [0.1, 0.15) is 25.3 Å². The van der Waals surface area contributed by atoms with Crippen molar-refractivity contribution >= 4 is 0 Å². The van der Waals surface area contributed by atoms with Crippen LogP contribution in [0.4, 0.5) is 0 Å². The van der Waals surface area contributed by atoms with Gasteiger partial charge >= 0.3 is 0 Å². The lowest BCUT2D eigenvalue weighted by Crippen LogP contribution is -2.38. The summed E-state index contributed by atoms with van der Waals surface area (Å²) in [5, 5.41) is 0. The number of fused-ring (bicyclic) bond motifs is 1. The maximum atomic E-state index is 6.03. The lowest BCUT2D eigenvalue weighted by atomic mass is 9.95. The van der Waals surface area contributed by atoms with Crippen LogP contribution in [-0.2, 0) is 11.2 Å². The van der Waals surface area contributed by atoms with Gasteiger partial charge in [0.05, 0.1) is 6.61 Å². The minimum atomic E-state index is -0.312. The molecule has 1 saturated heterocycles. The molecule has 80 valence electrons. The molecule has 1 aromatic carbocycles. The van der Waals surface area contributed by atoms with Crippen molar-refractivity contribution in [2.75, 3.05) is 6.61 Å². The Morgan fingerprint density at radius 1 is 1.33 bits per heavy atom. The number of hydrogen-bond acceptors (Lipinski definition) is 2. The molecular formula is C13H16O2. The SMILES string of the molecule is CC1COC2(CCc3ccccc3O2)C1. The summed E-state index contributed by atoms with van der Waals surface area (Å²) < 4.78 is 11.9. The van der Waals surface area contributed by atoms with E-state index >= 15 is 0 Å². The molecule has 2 aliphatic rings. The van der Waals surface area contributed by atoms with Gasteiger partial charge in [-0.3, -0.25) is 0 Å². The van der Waals surface area contributed by atoms with Crippen LogP contribution in [-0.4, -0.2) is 12.4 Å². The molecule has 1 spiro atoms. The second-order valence-corrected chi connectivity index (χ2v) is 4.74. The zero-order valence-corrected chi connectivity index (χ0v) is 9.03. The van der Waals surface area contributed by atoms with E-state index in [1.807, 2.05) is 12.1 Å². The molecule has 0 amide bonds. The van der Waals surface area contributed by atoms with Crippen LogP contribution in [0.3, 0.4) is 0 Å². The average molecular weight is 204 g/mol. The maximum absolute atomic E-state index is 6.03. The third-order valence-corrected chi connectivity index (χ3v) is 3.33. The molecule has 3 rings (SSSR count). The molecule has 0 N–H and O–H groups in total. The minimum absolute atomic E-state index is 0.312. The quantitative estimate of drug-likeness (QED) is 0.647. The predicted octanol–water partition coefficient (Wildman–Crippen LogP) is 2.76. The van der Waals surface area contributed by atoms with Crippen molar-refractivity contribution in [3.05, 3.63) is 29.8 Å². The van der Waals surface area contributed by atoms with Crippen LogP contribution >= 0.6 is 0 Å². The second kappa shape index (κ2) is 3.24. The summed E-state index contributed by atoms with van der Waals surface area (Å²) in [5.41, 5.74) is 1.31. The summed E-state index contributed by atoms with van der Waals surface area (Å²) >= 11 is 0. The summed E-state index contributed by atoms with van der Waals surface area (Å²) in [6.07, 6.45) is 3.10. The summed E-state index contributed by atoms with van der Waals surface area (Å²) in [5.74, 6) is 1.32. The van der Waals surface area contributed by atoms with E-state index in [4.69, 9.17) is 9.47 Å². The highest BCUT2D eigenvalue weighted by molar-refractivity contribution is 5.35. The zero-order valence-electron chi connectivity index (χ0n) is 9.03. The van der Waals surface area contributed by atoms with Gasteiger partial charge in [-0.25, -0.2) is 0 Å². The van der Waals surface area contributed by atoms with Crippen molar-refractivity contribution in [3.8, 4) is 5.75 Å². The van der Waals surface area contributed by atoms with Crippen LogP contribution in [0.25, 0.3) is 0 Å².